The highest BCUT2D eigenvalue weighted by atomic mass is 16.2. The van der Waals surface area contributed by atoms with Gasteiger partial charge in [-0.2, -0.15) is 0 Å². The van der Waals surface area contributed by atoms with Crippen LogP contribution in [0.15, 0.2) is 67.0 Å². The van der Waals surface area contributed by atoms with Gasteiger partial charge in [-0.3, -0.25) is 24.0 Å². The summed E-state index contributed by atoms with van der Waals surface area (Å²) in [5.74, 6) is 0.215. The van der Waals surface area contributed by atoms with Crippen LogP contribution in [-0.4, -0.2) is 26.3 Å². The highest BCUT2D eigenvalue weighted by molar-refractivity contribution is 6.05. The maximum atomic E-state index is 13.4. The number of hydrogen-bond acceptors (Lipinski definition) is 4. The van der Waals surface area contributed by atoms with Gasteiger partial charge in [-0.25, -0.2) is 4.98 Å². The molecule has 0 aliphatic carbocycles. The minimum absolute atomic E-state index is 0.0309. The van der Waals surface area contributed by atoms with E-state index in [4.69, 9.17) is 4.98 Å². The van der Waals surface area contributed by atoms with E-state index >= 15 is 0 Å². The number of rotatable bonds is 5. The van der Waals surface area contributed by atoms with E-state index in [-0.39, 0.29) is 18.2 Å². The number of para-hydroxylation sites is 2. The number of fused-ring (bicyclic) bond motifs is 3. The molecule has 7 nitrogen and oxygen atoms in total. The average Bonchev–Trinajstić information content (AvgIpc) is 3.28. The maximum Gasteiger partial charge on any atom is 0.253 e. The average molecular weight is 425 g/mol. The van der Waals surface area contributed by atoms with Gasteiger partial charge in [0.15, 0.2) is 0 Å². The SMILES string of the molecule is Cc1ccc(C)c(NC(=O)C[C@H]2C(=O)N(Cc3cccnc3)c3nc4ccccc4n32)c1. The molecule has 0 spiro atoms. The van der Waals surface area contributed by atoms with Gasteiger partial charge in [-0.1, -0.05) is 30.3 Å². The predicted molar refractivity (Wildman–Crippen MR) is 123 cm³/mol. The summed E-state index contributed by atoms with van der Waals surface area (Å²) < 4.78 is 1.89. The van der Waals surface area contributed by atoms with Gasteiger partial charge in [0.1, 0.15) is 6.04 Å². The fraction of sp³-hybridized carbons (Fsp3) is 0.200. The first kappa shape index (κ1) is 19.9. The molecule has 2 amide bonds. The Morgan fingerprint density at radius 1 is 1.09 bits per heavy atom. The minimum atomic E-state index is -0.654. The van der Waals surface area contributed by atoms with Crippen LogP contribution < -0.4 is 10.2 Å². The summed E-state index contributed by atoms with van der Waals surface area (Å²) in [4.78, 5) is 36.9. The van der Waals surface area contributed by atoms with E-state index in [0.29, 0.717) is 12.5 Å². The third-order valence-electron chi connectivity index (χ3n) is 5.79. The smallest absolute Gasteiger partial charge is 0.253 e. The van der Waals surface area contributed by atoms with Crippen LogP contribution in [0, 0.1) is 13.8 Å². The Balaban J connectivity index is 1.48. The molecule has 0 radical (unpaired) electrons. The molecule has 160 valence electrons. The highest BCUT2D eigenvalue weighted by Gasteiger charge is 2.40. The van der Waals surface area contributed by atoms with Crippen molar-refractivity contribution in [2.24, 2.45) is 0 Å². The van der Waals surface area contributed by atoms with Gasteiger partial charge >= 0.3 is 0 Å². The molecule has 0 saturated carbocycles. The summed E-state index contributed by atoms with van der Waals surface area (Å²) in [5.41, 5.74) is 5.35. The molecule has 1 aliphatic rings. The molecule has 0 fully saturated rings. The van der Waals surface area contributed by atoms with Crippen molar-refractivity contribution in [2.45, 2.75) is 32.9 Å². The van der Waals surface area contributed by atoms with Crippen molar-refractivity contribution >= 4 is 34.5 Å². The first-order chi connectivity index (χ1) is 15.5. The lowest BCUT2D eigenvalue weighted by Crippen LogP contribution is -2.31. The summed E-state index contributed by atoms with van der Waals surface area (Å²) in [5, 5.41) is 2.98. The molecular weight excluding hydrogens is 402 g/mol. The summed E-state index contributed by atoms with van der Waals surface area (Å²) in [6.45, 7) is 4.29. The zero-order valence-corrected chi connectivity index (χ0v) is 17.9. The molecule has 5 rings (SSSR count). The second-order valence-corrected chi connectivity index (χ2v) is 8.14. The van der Waals surface area contributed by atoms with E-state index in [1.54, 1.807) is 17.3 Å². The number of benzene rings is 2. The van der Waals surface area contributed by atoms with Gasteiger partial charge in [0.05, 0.1) is 24.0 Å². The largest absolute Gasteiger partial charge is 0.326 e. The molecule has 2 aromatic carbocycles. The normalized spacial score (nSPS) is 15.2. The third-order valence-corrected chi connectivity index (χ3v) is 5.79. The number of nitrogens with one attached hydrogen (secondary N) is 1. The van der Waals surface area contributed by atoms with Gasteiger partial charge < -0.3 is 5.32 Å². The molecule has 32 heavy (non-hydrogen) atoms. The van der Waals surface area contributed by atoms with Crippen molar-refractivity contribution in [1.82, 2.24) is 14.5 Å². The summed E-state index contributed by atoms with van der Waals surface area (Å²) in [6.07, 6.45) is 3.47. The number of amides is 2. The molecule has 1 atom stereocenters. The monoisotopic (exact) mass is 425 g/mol. The first-order valence-electron chi connectivity index (χ1n) is 10.6. The molecule has 2 aromatic heterocycles. The zero-order chi connectivity index (χ0) is 22.2. The van der Waals surface area contributed by atoms with E-state index in [9.17, 15) is 9.59 Å². The van der Waals surface area contributed by atoms with Crippen LogP contribution in [0.3, 0.4) is 0 Å². The number of hydrogen-bond donors (Lipinski definition) is 1. The van der Waals surface area contributed by atoms with Crippen LogP contribution >= 0.6 is 0 Å². The van der Waals surface area contributed by atoms with Crippen LogP contribution in [0.25, 0.3) is 11.0 Å². The van der Waals surface area contributed by atoms with Gasteiger partial charge in [-0.15, -0.1) is 0 Å². The Labute approximate surface area is 185 Å². The lowest BCUT2D eigenvalue weighted by molar-refractivity contribution is -0.124. The first-order valence-corrected chi connectivity index (χ1v) is 10.6. The van der Waals surface area contributed by atoms with Crippen molar-refractivity contribution in [3.8, 4) is 0 Å². The Bertz CT molecular complexity index is 1330. The second kappa shape index (κ2) is 7.92. The van der Waals surface area contributed by atoms with Crippen molar-refractivity contribution in [2.75, 3.05) is 10.2 Å². The Morgan fingerprint density at radius 3 is 2.75 bits per heavy atom. The zero-order valence-electron chi connectivity index (χ0n) is 17.9. The van der Waals surface area contributed by atoms with Crippen LogP contribution in [0.1, 0.15) is 29.2 Å². The number of carbonyl (C=O) groups excluding carboxylic acids is 2. The second-order valence-electron chi connectivity index (χ2n) is 8.14. The van der Waals surface area contributed by atoms with Gasteiger partial charge in [-0.05, 0) is 54.8 Å². The summed E-state index contributed by atoms with van der Waals surface area (Å²) >= 11 is 0. The molecule has 1 aliphatic heterocycles. The highest BCUT2D eigenvalue weighted by Crippen LogP contribution is 2.37. The molecule has 7 heteroatoms. The molecule has 0 saturated heterocycles. The minimum Gasteiger partial charge on any atom is -0.326 e. The molecule has 0 bridgehead atoms. The molecule has 1 N–H and O–H groups in total. The van der Waals surface area contributed by atoms with Crippen molar-refractivity contribution in [3.63, 3.8) is 0 Å². The Kier molecular flexibility index (Phi) is 4.93. The van der Waals surface area contributed by atoms with Crippen LogP contribution in [0.5, 0.6) is 0 Å². The molecule has 3 heterocycles. The standard InChI is InChI=1S/C25H23N5O2/c1-16-9-10-17(2)20(12-16)27-23(31)13-22-24(32)29(15-18-6-5-11-26-14-18)25-28-19-7-3-4-8-21(19)30(22)25/h3-12,14,22H,13,15H2,1-2H3,(H,27,31)/t22-/m0/s1. The predicted octanol–water partition coefficient (Wildman–Crippen LogP) is 4.16. The van der Waals surface area contributed by atoms with Gasteiger partial charge in [0.2, 0.25) is 11.9 Å². The summed E-state index contributed by atoms with van der Waals surface area (Å²) in [6, 6.07) is 16.7. The number of imidazole rings is 1. The van der Waals surface area contributed by atoms with Crippen molar-refractivity contribution < 1.29 is 9.59 Å². The third kappa shape index (κ3) is 3.51. The summed E-state index contributed by atoms with van der Waals surface area (Å²) in [7, 11) is 0. The van der Waals surface area contributed by atoms with Crippen LogP contribution in [0.4, 0.5) is 11.6 Å². The van der Waals surface area contributed by atoms with E-state index < -0.39 is 6.04 Å². The Hall–Kier alpha value is -4.00. The fourth-order valence-corrected chi connectivity index (χ4v) is 4.17. The number of anilines is 2. The number of aromatic nitrogens is 3. The van der Waals surface area contributed by atoms with E-state index in [1.165, 1.54) is 0 Å². The lowest BCUT2D eigenvalue weighted by atomic mass is 10.1. The van der Waals surface area contributed by atoms with E-state index in [0.717, 1.165) is 33.4 Å². The van der Waals surface area contributed by atoms with Gasteiger partial charge in [0.25, 0.3) is 5.91 Å². The van der Waals surface area contributed by atoms with Crippen LogP contribution in [-0.2, 0) is 16.1 Å². The fourth-order valence-electron chi connectivity index (χ4n) is 4.17. The van der Waals surface area contributed by atoms with Crippen molar-refractivity contribution in [3.05, 3.63) is 83.7 Å². The van der Waals surface area contributed by atoms with Crippen molar-refractivity contribution in [1.29, 1.82) is 0 Å². The number of aryl methyl sites for hydroxylation is 2. The maximum absolute atomic E-state index is 13.4. The molecular formula is C25H23N5O2. The number of nitrogens with zero attached hydrogens (tertiary/aromatic N) is 4. The molecule has 0 unspecified atom stereocenters. The van der Waals surface area contributed by atoms with Gasteiger partial charge in [0, 0.05) is 18.1 Å². The Morgan fingerprint density at radius 2 is 1.94 bits per heavy atom. The topological polar surface area (TPSA) is 80.1 Å². The van der Waals surface area contributed by atoms with E-state index in [1.807, 2.05) is 73.0 Å². The quantitative estimate of drug-likeness (QED) is 0.521. The lowest BCUT2D eigenvalue weighted by Gasteiger charge is -2.16. The van der Waals surface area contributed by atoms with E-state index in [2.05, 4.69) is 10.3 Å². The molecule has 4 aromatic rings. The number of pyridine rings is 1. The number of carbonyl (C=O) groups is 2. The van der Waals surface area contributed by atoms with Crippen LogP contribution in [0.2, 0.25) is 0 Å².